The molecule has 0 spiro atoms. The Kier molecular flexibility index (Phi) is 3.62. The van der Waals surface area contributed by atoms with E-state index in [0.29, 0.717) is 11.1 Å². The quantitative estimate of drug-likeness (QED) is 0.687. The first-order chi connectivity index (χ1) is 12.0. The fourth-order valence-corrected chi connectivity index (χ4v) is 3.84. The van der Waals surface area contributed by atoms with Gasteiger partial charge in [-0.05, 0) is 47.7 Å². The highest BCUT2D eigenvalue weighted by molar-refractivity contribution is 6.02. The number of aromatic nitrogens is 1. The summed E-state index contributed by atoms with van der Waals surface area (Å²) in [7, 11) is 0. The molecule has 25 heavy (non-hydrogen) atoms. The van der Waals surface area contributed by atoms with Gasteiger partial charge in [0.15, 0.2) is 0 Å². The summed E-state index contributed by atoms with van der Waals surface area (Å²) in [6.45, 7) is 5.48. The van der Waals surface area contributed by atoms with Gasteiger partial charge in [0.05, 0.1) is 11.9 Å². The fraction of sp³-hybridized carbons (Fsp3) is 0.250. The Labute approximate surface area is 145 Å². The third kappa shape index (κ3) is 2.43. The number of aromatic amines is 1. The fourth-order valence-electron chi connectivity index (χ4n) is 3.84. The molecule has 3 aromatic rings. The minimum atomic E-state index is -0.469. The zero-order valence-electron chi connectivity index (χ0n) is 14.3. The second-order valence-corrected chi connectivity index (χ2v) is 6.71. The van der Waals surface area contributed by atoms with E-state index in [4.69, 9.17) is 5.73 Å². The molecular weight excluding hydrogens is 317 g/mol. The largest absolute Gasteiger partial charge is 0.369 e. The minimum absolute atomic E-state index is 0.0154. The van der Waals surface area contributed by atoms with Crippen molar-refractivity contribution in [1.82, 2.24) is 10.3 Å². The van der Waals surface area contributed by atoms with Gasteiger partial charge < -0.3 is 16.0 Å². The number of amides is 1. The summed E-state index contributed by atoms with van der Waals surface area (Å²) in [6, 6.07) is 7.46. The third-order valence-electron chi connectivity index (χ3n) is 5.14. The van der Waals surface area contributed by atoms with Crippen LogP contribution in [0.25, 0.3) is 22.0 Å². The zero-order valence-corrected chi connectivity index (χ0v) is 14.3. The molecule has 2 heterocycles. The number of rotatable bonds is 3. The SMILES string of the molecule is Cc1[nH]c2c(CC(N)=O)cc(F)c(-c3cccc4c3CNC4)c2c1C. The van der Waals surface area contributed by atoms with Crippen LogP contribution in [0.15, 0.2) is 24.3 Å². The van der Waals surface area contributed by atoms with E-state index in [1.807, 2.05) is 26.0 Å². The molecule has 0 saturated heterocycles. The number of hydrogen-bond acceptors (Lipinski definition) is 2. The Bertz CT molecular complexity index is 1020. The zero-order chi connectivity index (χ0) is 17.7. The van der Waals surface area contributed by atoms with Crippen molar-refractivity contribution in [3.8, 4) is 11.1 Å². The van der Waals surface area contributed by atoms with Crippen LogP contribution in [0.3, 0.4) is 0 Å². The number of carbonyl (C=O) groups is 1. The lowest BCUT2D eigenvalue weighted by Crippen LogP contribution is -2.14. The van der Waals surface area contributed by atoms with Gasteiger partial charge in [-0.1, -0.05) is 18.2 Å². The summed E-state index contributed by atoms with van der Waals surface area (Å²) >= 11 is 0. The van der Waals surface area contributed by atoms with E-state index in [2.05, 4.69) is 16.4 Å². The van der Waals surface area contributed by atoms with E-state index < -0.39 is 5.91 Å². The summed E-state index contributed by atoms with van der Waals surface area (Å²) in [4.78, 5) is 14.7. The Morgan fingerprint density at radius 3 is 2.84 bits per heavy atom. The van der Waals surface area contributed by atoms with Crippen LogP contribution >= 0.6 is 0 Å². The molecule has 0 fully saturated rings. The van der Waals surface area contributed by atoms with Crippen molar-refractivity contribution in [3.63, 3.8) is 0 Å². The molecule has 1 amide bonds. The summed E-state index contributed by atoms with van der Waals surface area (Å²) in [5, 5.41) is 4.17. The van der Waals surface area contributed by atoms with Gasteiger partial charge in [0.1, 0.15) is 5.82 Å². The highest BCUT2D eigenvalue weighted by Gasteiger charge is 2.23. The number of halogens is 1. The molecule has 1 aromatic heterocycles. The number of primary amides is 1. The van der Waals surface area contributed by atoms with Crippen molar-refractivity contribution in [1.29, 1.82) is 0 Å². The van der Waals surface area contributed by atoms with Gasteiger partial charge in [-0.25, -0.2) is 4.39 Å². The van der Waals surface area contributed by atoms with Crippen molar-refractivity contribution >= 4 is 16.8 Å². The van der Waals surface area contributed by atoms with Crippen LogP contribution in [0.4, 0.5) is 4.39 Å². The Hall–Kier alpha value is -2.66. The molecule has 1 aliphatic heterocycles. The maximum atomic E-state index is 15.2. The lowest BCUT2D eigenvalue weighted by molar-refractivity contribution is -0.117. The molecule has 0 saturated carbocycles. The van der Waals surface area contributed by atoms with Crippen molar-refractivity contribution in [2.45, 2.75) is 33.4 Å². The molecule has 0 atom stereocenters. The van der Waals surface area contributed by atoms with Gasteiger partial charge in [0, 0.05) is 29.7 Å². The maximum Gasteiger partial charge on any atom is 0.221 e. The average Bonchev–Trinajstić information content (AvgIpc) is 3.14. The normalized spacial score (nSPS) is 13.4. The molecule has 4 rings (SSSR count). The van der Waals surface area contributed by atoms with Gasteiger partial charge in [-0.2, -0.15) is 0 Å². The van der Waals surface area contributed by atoms with Crippen LogP contribution in [0.1, 0.15) is 27.9 Å². The first-order valence-electron chi connectivity index (χ1n) is 8.37. The van der Waals surface area contributed by atoms with E-state index in [0.717, 1.165) is 46.4 Å². The van der Waals surface area contributed by atoms with Crippen LogP contribution in [-0.2, 0) is 24.3 Å². The van der Waals surface area contributed by atoms with E-state index in [1.165, 1.54) is 11.6 Å². The first kappa shape index (κ1) is 15.8. The molecule has 0 radical (unpaired) electrons. The molecule has 0 bridgehead atoms. The molecule has 0 aliphatic carbocycles. The number of H-pyrrole nitrogens is 1. The van der Waals surface area contributed by atoms with Gasteiger partial charge >= 0.3 is 0 Å². The molecule has 1 aliphatic rings. The minimum Gasteiger partial charge on any atom is -0.369 e. The average molecular weight is 337 g/mol. The number of benzene rings is 2. The number of hydrogen-bond donors (Lipinski definition) is 3. The van der Waals surface area contributed by atoms with Crippen molar-refractivity contribution in [2.24, 2.45) is 5.73 Å². The molecule has 4 nitrogen and oxygen atoms in total. The maximum absolute atomic E-state index is 15.2. The van der Waals surface area contributed by atoms with Gasteiger partial charge in [-0.3, -0.25) is 4.79 Å². The molecule has 128 valence electrons. The smallest absolute Gasteiger partial charge is 0.221 e. The summed E-state index contributed by atoms with van der Waals surface area (Å²) in [5.41, 5.74) is 12.6. The van der Waals surface area contributed by atoms with Gasteiger partial charge in [-0.15, -0.1) is 0 Å². The predicted molar refractivity (Wildman–Crippen MR) is 96.6 cm³/mol. The molecule has 5 heteroatoms. The third-order valence-corrected chi connectivity index (χ3v) is 5.14. The highest BCUT2D eigenvalue weighted by Crippen LogP contribution is 2.39. The predicted octanol–water partition coefficient (Wildman–Crippen LogP) is 3.22. The molecule has 4 N–H and O–H groups in total. The van der Waals surface area contributed by atoms with Crippen molar-refractivity contribution in [2.75, 3.05) is 0 Å². The Morgan fingerprint density at radius 2 is 2.08 bits per heavy atom. The highest BCUT2D eigenvalue weighted by atomic mass is 19.1. The number of nitrogens with two attached hydrogens (primary N) is 1. The Balaban J connectivity index is 2.07. The first-order valence-corrected chi connectivity index (χ1v) is 8.37. The second-order valence-electron chi connectivity index (χ2n) is 6.71. The summed E-state index contributed by atoms with van der Waals surface area (Å²) < 4.78 is 15.2. The summed E-state index contributed by atoms with van der Waals surface area (Å²) in [5.74, 6) is -0.783. The van der Waals surface area contributed by atoms with Gasteiger partial charge in [0.25, 0.3) is 0 Å². The standard InChI is InChI=1S/C20H20FN3O/c1-10-11(2)24-20-13(7-17(22)25)6-16(21)19(18(10)20)14-5-3-4-12-8-23-9-15(12)14/h3-6,23-24H,7-9H2,1-2H3,(H2,22,25). The van der Waals surface area contributed by atoms with Crippen LogP contribution in [0, 0.1) is 19.7 Å². The lowest BCUT2D eigenvalue weighted by atomic mass is 9.91. The Morgan fingerprint density at radius 1 is 1.28 bits per heavy atom. The second kappa shape index (κ2) is 5.70. The molecule has 0 unspecified atom stereocenters. The van der Waals surface area contributed by atoms with Crippen LogP contribution in [-0.4, -0.2) is 10.9 Å². The molecular formula is C20H20FN3O. The number of carbonyl (C=O) groups excluding carboxylic acids is 1. The summed E-state index contributed by atoms with van der Waals surface area (Å²) in [6.07, 6.45) is 0.0154. The molecule has 2 aromatic carbocycles. The van der Waals surface area contributed by atoms with Crippen LogP contribution in [0.5, 0.6) is 0 Å². The van der Waals surface area contributed by atoms with E-state index in [1.54, 1.807) is 0 Å². The topological polar surface area (TPSA) is 70.9 Å². The van der Waals surface area contributed by atoms with E-state index in [-0.39, 0.29) is 12.2 Å². The van der Waals surface area contributed by atoms with Gasteiger partial charge in [0.2, 0.25) is 5.91 Å². The lowest BCUT2D eigenvalue weighted by Gasteiger charge is -2.13. The number of nitrogens with one attached hydrogen (secondary N) is 2. The van der Waals surface area contributed by atoms with Crippen LogP contribution in [0.2, 0.25) is 0 Å². The monoisotopic (exact) mass is 337 g/mol. The van der Waals surface area contributed by atoms with Crippen molar-refractivity contribution < 1.29 is 9.18 Å². The van der Waals surface area contributed by atoms with E-state index in [9.17, 15) is 4.79 Å². The number of fused-ring (bicyclic) bond motifs is 2. The van der Waals surface area contributed by atoms with Crippen molar-refractivity contribution in [3.05, 3.63) is 58.0 Å². The van der Waals surface area contributed by atoms with Crippen LogP contribution < -0.4 is 11.1 Å². The number of aryl methyl sites for hydroxylation is 2. The van der Waals surface area contributed by atoms with E-state index >= 15 is 4.39 Å².